The summed E-state index contributed by atoms with van der Waals surface area (Å²) in [6.45, 7) is 10.9. The van der Waals surface area contributed by atoms with Crippen LogP contribution in [0.4, 0.5) is 0 Å². The number of halogens is 1. The highest BCUT2D eigenvalue weighted by atomic mass is 127. The highest BCUT2D eigenvalue weighted by Crippen LogP contribution is 2.10. The fourth-order valence-electron chi connectivity index (χ4n) is 2.63. The van der Waals surface area contributed by atoms with Crippen molar-refractivity contribution in [3.8, 4) is 0 Å². The minimum absolute atomic E-state index is 0. The third-order valence-corrected chi connectivity index (χ3v) is 5.48. The van der Waals surface area contributed by atoms with Crippen molar-refractivity contribution in [2.24, 2.45) is 10.9 Å². The second-order valence-electron chi connectivity index (χ2n) is 6.84. The van der Waals surface area contributed by atoms with E-state index < -0.39 is 10.0 Å². The first kappa shape index (κ1) is 28.1. The maximum Gasteiger partial charge on any atom is 0.213 e. The summed E-state index contributed by atoms with van der Waals surface area (Å²) in [7, 11) is -3.36. The van der Waals surface area contributed by atoms with Gasteiger partial charge < -0.3 is 15.4 Å². The molecule has 0 amide bonds. The Morgan fingerprint density at radius 1 is 1.14 bits per heavy atom. The topological polar surface area (TPSA) is 91.8 Å². The molecule has 1 aromatic carbocycles. The summed E-state index contributed by atoms with van der Waals surface area (Å²) in [6, 6.07) is 9.47. The van der Waals surface area contributed by atoms with Crippen LogP contribution >= 0.6 is 24.0 Å². The summed E-state index contributed by atoms with van der Waals surface area (Å²) in [6.07, 6.45) is 1.01. The van der Waals surface area contributed by atoms with E-state index in [2.05, 4.69) is 34.2 Å². The summed E-state index contributed by atoms with van der Waals surface area (Å²) < 4.78 is 32.7. The van der Waals surface area contributed by atoms with Crippen LogP contribution in [0.2, 0.25) is 0 Å². The van der Waals surface area contributed by atoms with Crippen LogP contribution in [-0.4, -0.2) is 52.5 Å². The zero-order chi connectivity index (χ0) is 20.8. The number of sulfonamides is 1. The molecule has 1 aromatic rings. The van der Waals surface area contributed by atoms with Gasteiger partial charge in [0.05, 0.1) is 11.9 Å². The number of guanidine groups is 1. The van der Waals surface area contributed by atoms with E-state index in [1.54, 1.807) is 0 Å². The molecule has 0 bridgehead atoms. The van der Waals surface area contributed by atoms with Gasteiger partial charge in [-0.05, 0) is 31.7 Å². The number of rotatable bonds is 13. The minimum atomic E-state index is -3.36. The molecule has 0 saturated heterocycles. The molecule has 0 aliphatic rings. The standard InChI is InChI=1S/C20H36N4O3S.HI/c1-5-21-20(22-13-12-19(17(3)4)27-6-2)23-14-15-28(25,26)24-16-18-10-8-7-9-11-18;/h7-11,17,19,24H,5-6,12-16H2,1-4H3,(H2,21,22,23);1H. The molecule has 0 saturated carbocycles. The SMILES string of the molecule is CCNC(=NCCC(OCC)C(C)C)NCCS(=O)(=O)NCc1ccccc1.I. The fraction of sp³-hybridized carbons (Fsp3) is 0.650. The molecule has 3 N–H and O–H groups in total. The minimum Gasteiger partial charge on any atom is -0.378 e. The molecule has 0 fully saturated rings. The molecule has 9 heteroatoms. The van der Waals surface area contributed by atoms with Crippen molar-refractivity contribution in [3.63, 3.8) is 0 Å². The van der Waals surface area contributed by atoms with Gasteiger partial charge in [0.25, 0.3) is 0 Å². The molecular formula is C20H37IN4O3S. The smallest absolute Gasteiger partial charge is 0.213 e. The molecule has 29 heavy (non-hydrogen) atoms. The zero-order valence-electron chi connectivity index (χ0n) is 18.0. The molecule has 168 valence electrons. The summed E-state index contributed by atoms with van der Waals surface area (Å²) >= 11 is 0. The molecule has 0 aliphatic heterocycles. The molecule has 0 radical (unpaired) electrons. The first-order chi connectivity index (χ1) is 13.4. The van der Waals surface area contributed by atoms with Gasteiger partial charge in [-0.15, -0.1) is 24.0 Å². The Morgan fingerprint density at radius 2 is 1.83 bits per heavy atom. The van der Waals surface area contributed by atoms with E-state index in [1.807, 2.05) is 44.2 Å². The maximum absolute atomic E-state index is 12.2. The molecule has 0 heterocycles. The lowest BCUT2D eigenvalue weighted by Gasteiger charge is -2.20. The van der Waals surface area contributed by atoms with Gasteiger partial charge in [0.2, 0.25) is 10.0 Å². The molecule has 0 spiro atoms. The van der Waals surface area contributed by atoms with Gasteiger partial charge in [0, 0.05) is 32.8 Å². The third kappa shape index (κ3) is 13.1. The van der Waals surface area contributed by atoms with E-state index in [0.29, 0.717) is 38.1 Å². The van der Waals surface area contributed by atoms with Crippen LogP contribution in [0.5, 0.6) is 0 Å². The average molecular weight is 541 g/mol. The highest BCUT2D eigenvalue weighted by molar-refractivity contribution is 14.0. The fourth-order valence-corrected chi connectivity index (χ4v) is 3.54. The van der Waals surface area contributed by atoms with E-state index in [4.69, 9.17) is 4.74 Å². The van der Waals surface area contributed by atoms with Crippen molar-refractivity contribution >= 4 is 40.0 Å². The molecular weight excluding hydrogens is 503 g/mol. The average Bonchev–Trinajstić information content (AvgIpc) is 2.66. The molecule has 1 unspecified atom stereocenters. The van der Waals surface area contributed by atoms with Crippen LogP contribution in [0, 0.1) is 5.92 Å². The van der Waals surface area contributed by atoms with Crippen LogP contribution in [0.25, 0.3) is 0 Å². The van der Waals surface area contributed by atoms with Crippen molar-refractivity contribution in [2.45, 2.75) is 46.8 Å². The second kappa shape index (κ2) is 15.9. The lowest BCUT2D eigenvalue weighted by molar-refractivity contribution is 0.0266. The van der Waals surface area contributed by atoms with E-state index >= 15 is 0 Å². The van der Waals surface area contributed by atoms with Crippen LogP contribution in [0.3, 0.4) is 0 Å². The van der Waals surface area contributed by atoms with E-state index in [1.165, 1.54) is 0 Å². The van der Waals surface area contributed by atoms with Crippen LogP contribution in [0.1, 0.15) is 39.7 Å². The first-order valence-electron chi connectivity index (χ1n) is 10.0. The van der Waals surface area contributed by atoms with E-state index in [0.717, 1.165) is 12.0 Å². The summed E-state index contributed by atoms with van der Waals surface area (Å²) in [5.74, 6) is 1.05. The lowest BCUT2D eigenvalue weighted by Crippen LogP contribution is -2.41. The Labute approximate surface area is 193 Å². The first-order valence-corrected chi connectivity index (χ1v) is 11.7. The molecule has 1 atom stereocenters. The number of ether oxygens (including phenoxy) is 1. The summed E-state index contributed by atoms with van der Waals surface area (Å²) in [5.41, 5.74) is 0.933. The van der Waals surface area contributed by atoms with Gasteiger partial charge in [-0.1, -0.05) is 44.2 Å². The molecule has 0 aromatic heterocycles. The van der Waals surface area contributed by atoms with Crippen molar-refractivity contribution < 1.29 is 13.2 Å². The van der Waals surface area contributed by atoms with Gasteiger partial charge in [-0.3, -0.25) is 4.99 Å². The van der Waals surface area contributed by atoms with Crippen LogP contribution < -0.4 is 15.4 Å². The normalized spacial score (nSPS) is 13.1. The van der Waals surface area contributed by atoms with Gasteiger partial charge in [-0.25, -0.2) is 13.1 Å². The Kier molecular flexibility index (Phi) is 15.4. The van der Waals surface area contributed by atoms with Gasteiger partial charge in [0.15, 0.2) is 5.96 Å². The van der Waals surface area contributed by atoms with Crippen molar-refractivity contribution in [1.82, 2.24) is 15.4 Å². The van der Waals surface area contributed by atoms with Gasteiger partial charge in [0.1, 0.15) is 0 Å². The van der Waals surface area contributed by atoms with E-state index in [-0.39, 0.29) is 42.4 Å². The second-order valence-corrected chi connectivity index (χ2v) is 8.77. The summed E-state index contributed by atoms with van der Waals surface area (Å²) in [4.78, 5) is 4.53. The van der Waals surface area contributed by atoms with Gasteiger partial charge >= 0.3 is 0 Å². The number of nitrogens with zero attached hydrogens (tertiary/aromatic N) is 1. The van der Waals surface area contributed by atoms with Crippen molar-refractivity contribution in [1.29, 1.82) is 0 Å². The predicted molar refractivity (Wildman–Crippen MR) is 131 cm³/mol. The predicted octanol–water partition coefficient (Wildman–Crippen LogP) is 2.73. The quantitative estimate of drug-likeness (QED) is 0.203. The summed E-state index contributed by atoms with van der Waals surface area (Å²) in [5, 5.41) is 6.23. The lowest BCUT2D eigenvalue weighted by atomic mass is 10.0. The monoisotopic (exact) mass is 540 g/mol. The van der Waals surface area contributed by atoms with Crippen molar-refractivity contribution in [2.75, 3.05) is 32.0 Å². The van der Waals surface area contributed by atoms with Crippen LogP contribution in [0.15, 0.2) is 35.3 Å². The maximum atomic E-state index is 12.2. The third-order valence-electron chi connectivity index (χ3n) is 4.15. The highest BCUT2D eigenvalue weighted by Gasteiger charge is 2.13. The molecule has 0 aliphatic carbocycles. The molecule has 1 rings (SSSR count). The Balaban J connectivity index is 0.00000784. The number of benzene rings is 1. The van der Waals surface area contributed by atoms with Gasteiger partial charge in [-0.2, -0.15) is 0 Å². The Hall–Kier alpha value is -0.910. The largest absolute Gasteiger partial charge is 0.378 e. The number of hydrogen-bond acceptors (Lipinski definition) is 4. The Morgan fingerprint density at radius 3 is 2.41 bits per heavy atom. The number of aliphatic imine (C=N–C) groups is 1. The number of hydrogen-bond donors (Lipinski definition) is 3. The Bertz CT molecular complexity index is 670. The zero-order valence-corrected chi connectivity index (χ0v) is 21.1. The number of nitrogens with one attached hydrogen (secondary N) is 3. The molecule has 7 nitrogen and oxygen atoms in total. The van der Waals surface area contributed by atoms with Crippen molar-refractivity contribution in [3.05, 3.63) is 35.9 Å². The van der Waals surface area contributed by atoms with E-state index in [9.17, 15) is 8.42 Å². The van der Waals surface area contributed by atoms with Crippen LogP contribution in [-0.2, 0) is 21.3 Å².